The zero-order valence-electron chi connectivity index (χ0n) is 11.2. The van der Waals surface area contributed by atoms with Crippen LogP contribution in [0.3, 0.4) is 0 Å². The fourth-order valence-corrected chi connectivity index (χ4v) is 2.72. The molecule has 0 amide bonds. The summed E-state index contributed by atoms with van der Waals surface area (Å²) in [5, 5.41) is 7.99. The van der Waals surface area contributed by atoms with Crippen molar-refractivity contribution in [3.63, 3.8) is 0 Å². The van der Waals surface area contributed by atoms with Crippen molar-refractivity contribution in [3.05, 3.63) is 18.0 Å². The molecule has 1 heterocycles. The van der Waals surface area contributed by atoms with E-state index in [9.17, 15) is 0 Å². The number of rotatable bonds is 7. The molecule has 3 heteroatoms. The SMILES string of the molecule is CCCNCC1CCC1c1ccnn1CCC. The lowest BCUT2D eigenvalue weighted by atomic mass is 9.71. The molecule has 1 fully saturated rings. The van der Waals surface area contributed by atoms with Crippen LogP contribution >= 0.6 is 0 Å². The third kappa shape index (κ3) is 2.89. The number of hydrogen-bond acceptors (Lipinski definition) is 2. The zero-order chi connectivity index (χ0) is 12.1. The summed E-state index contributed by atoms with van der Waals surface area (Å²) in [7, 11) is 0. The Balaban J connectivity index is 1.90. The molecule has 96 valence electrons. The maximum Gasteiger partial charge on any atom is 0.0492 e. The average molecular weight is 235 g/mol. The molecule has 1 N–H and O–H groups in total. The summed E-state index contributed by atoms with van der Waals surface area (Å²) < 4.78 is 2.21. The van der Waals surface area contributed by atoms with E-state index >= 15 is 0 Å². The topological polar surface area (TPSA) is 29.9 Å². The molecule has 3 nitrogen and oxygen atoms in total. The van der Waals surface area contributed by atoms with Gasteiger partial charge in [-0.05, 0) is 50.8 Å². The predicted octanol–water partition coefficient (Wildman–Crippen LogP) is 2.79. The van der Waals surface area contributed by atoms with E-state index in [2.05, 4.69) is 35.0 Å². The van der Waals surface area contributed by atoms with Crippen molar-refractivity contribution in [1.82, 2.24) is 15.1 Å². The Bertz CT molecular complexity index is 332. The van der Waals surface area contributed by atoms with E-state index in [1.54, 1.807) is 0 Å². The molecule has 1 saturated carbocycles. The van der Waals surface area contributed by atoms with Crippen LogP contribution in [0.4, 0.5) is 0 Å². The van der Waals surface area contributed by atoms with Gasteiger partial charge in [-0.25, -0.2) is 0 Å². The molecule has 1 aliphatic carbocycles. The van der Waals surface area contributed by atoms with Crippen molar-refractivity contribution in [2.24, 2.45) is 5.92 Å². The molecule has 17 heavy (non-hydrogen) atoms. The van der Waals surface area contributed by atoms with Gasteiger partial charge in [-0.1, -0.05) is 13.8 Å². The van der Waals surface area contributed by atoms with Gasteiger partial charge in [0, 0.05) is 24.4 Å². The maximum atomic E-state index is 4.44. The van der Waals surface area contributed by atoms with Crippen LogP contribution in [0.2, 0.25) is 0 Å². The van der Waals surface area contributed by atoms with Gasteiger partial charge in [0.05, 0.1) is 0 Å². The van der Waals surface area contributed by atoms with Gasteiger partial charge in [-0.3, -0.25) is 4.68 Å². The molecule has 1 aromatic rings. The van der Waals surface area contributed by atoms with Crippen molar-refractivity contribution in [2.45, 2.75) is 52.0 Å². The highest BCUT2D eigenvalue weighted by molar-refractivity contribution is 5.13. The second-order valence-corrected chi connectivity index (χ2v) is 5.13. The molecule has 0 radical (unpaired) electrons. The van der Waals surface area contributed by atoms with E-state index in [0.29, 0.717) is 0 Å². The molecular formula is C14H25N3. The van der Waals surface area contributed by atoms with Gasteiger partial charge in [-0.2, -0.15) is 5.10 Å². The third-order valence-corrected chi connectivity index (χ3v) is 3.82. The van der Waals surface area contributed by atoms with Crippen LogP contribution in [-0.2, 0) is 6.54 Å². The highest BCUT2D eigenvalue weighted by atomic mass is 15.3. The van der Waals surface area contributed by atoms with Crippen LogP contribution < -0.4 is 5.32 Å². The molecule has 0 spiro atoms. The van der Waals surface area contributed by atoms with Crippen LogP contribution in [0.1, 0.15) is 51.1 Å². The van der Waals surface area contributed by atoms with Gasteiger partial charge >= 0.3 is 0 Å². The predicted molar refractivity (Wildman–Crippen MR) is 71.1 cm³/mol. The normalized spacial score (nSPS) is 23.6. The first-order valence-corrected chi connectivity index (χ1v) is 7.09. The zero-order valence-corrected chi connectivity index (χ0v) is 11.2. The standard InChI is InChI=1S/C14H25N3/c1-3-8-15-11-12-5-6-13(12)14-7-9-16-17(14)10-4-2/h7,9,12-13,15H,3-6,8,10-11H2,1-2H3. The Morgan fingerprint density at radius 1 is 1.35 bits per heavy atom. The molecule has 2 rings (SSSR count). The van der Waals surface area contributed by atoms with Gasteiger partial charge < -0.3 is 5.32 Å². The van der Waals surface area contributed by atoms with Crippen LogP contribution in [-0.4, -0.2) is 22.9 Å². The molecule has 0 aromatic carbocycles. The summed E-state index contributed by atoms with van der Waals surface area (Å²) in [6.07, 6.45) is 7.07. The quantitative estimate of drug-likeness (QED) is 0.737. The summed E-state index contributed by atoms with van der Waals surface area (Å²) in [5.41, 5.74) is 1.46. The van der Waals surface area contributed by atoms with Crippen LogP contribution in [0.25, 0.3) is 0 Å². The Hall–Kier alpha value is -0.830. The summed E-state index contributed by atoms with van der Waals surface area (Å²) in [6, 6.07) is 2.21. The number of aromatic nitrogens is 2. The molecule has 2 unspecified atom stereocenters. The molecule has 1 aliphatic rings. The fourth-order valence-electron chi connectivity index (χ4n) is 2.72. The van der Waals surface area contributed by atoms with E-state index in [0.717, 1.165) is 24.9 Å². The monoisotopic (exact) mass is 235 g/mol. The molecular weight excluding hydrogens is 210 g/mol. The Labute approximate surface area is 105 Å². The minimum Gasteiger partial charge on any atom is -0.316 e. The first-order valence-electron chi connectivity index (χ1n) is 7.09. The van der Waals surface area contributed by atoms with Crippen molar-refractivity contribution in [3.8, 4) is 0 Å². The first-order chi connectivity index (χ1) is 8.36. The van der Waals surface area contributed by atoms with Crippen LogP contribution in [0.15, 0.2) is 12.3 Å². The van der Waals surface area contributed by atoms with Crippen LogP contribution in [0, 0.1) is 5.92 Å². The van der Waals surface area contributed by atoms with Gasteiger partial charge in [0.25, 0.3) is 0 Å². The van der Waals surface area contributed by atoms with E-state index in [1.165, 1.54) is 37.9 Å². The van der Waals surface area contributed by atoms with Crippen molar-refractivity contribution in [2.75, 3.05) is 13.1 Å². The lowest BCUT2D eigenvalue weighted by Gasteiger charge is -2.37. The third-order valence-electron chi connectivity index (χ3n) is 3.82. The first kappa shape index (κ1) is 12.6. The smallest absolute Gasteiger partial charge is 0.0492 e. The van der Waals surface area contributed by atoms with E-state index < -0.39 is 0 Å². The Morgan fingerprint density at radius 3 is 2.88 bits per heavy atom. The summed E-state index contributed by atoms with van der Waals surface area (Å²) in [6.45, 7) is 7.83. The van der Waals surface area contributed by atoms with E-state index in [4.69, 9.17) is 0 Å². The highest BCUT2D eigenvalue weighted by Gasteiger charge is 2.33. The highest BCUT2D eigenvalue weighted by Crippen LogP contribution is 2.41. The molecule has 1 aromatic heterocycles. The minimum absolute atomic E-state index is 0.744. The Kier molecular flexibility index (Phi) is 4.60. The fraction of sp³-hybridized carbons (Fsp3) is 0.786. The van der Waals surface area contributed by atoms with Crippen molar-refractivity contribution >= 4 is 0 Å². The summed E-state index contributed by atoms with van der Waals surface area (Å²) in [4.78, 5) is 0. The number of hydrogen-bond donors (Lipinski definition) is 1. The minimum atomic E-state index is 0.744. The van der Waals surface area contributed by atoms with Crippen molar-refractivity contribution < 1.29 is 0 Å². The summed E-state index contributed by atoms with van der Waals surface area (Å²) >= 11 is 0. The van der Waals surface area contributed by atoms with E-state index in [1.807, 2.05) is 6.20 Å². The van der Waals surface area contributed by atoms with Gasteiger partial charge in [-0.15, -0.1) is 0 Å². The molecule has 0 aliphatic heterocycles. The Morgan fingerprint density at radius 2 is 2.24 bits per heavy atom. The average Bonchev–Trinajstić information content (AvgIpc) is 2.72. The number of aryl methyl sites for hydroxylation is 1. The number of nitrogens with one attached hydrogen (secondary N) is 1. The number of nitrogens with zero attached hydrogens (tertiary/aromatic N) is 2. The maximum absolute atomic E-state index is 4.44. The molecule has 0 saturated heterocycles. The van der Waals surface area contributed by atoms with E-state index in [-0.39, 0.29) is 0 Å². The molecule has 2 atom stereocenters. The molecule has 0 bridgehead atoms. The second-order valence-electron chi connectivity index (χ2n) is 5.13. The van der Waals surface area contributed by atoms with Gasteiger partial charge in [0.15, 0.2) is 0 Å². The van der Waals surface area contributed by atoms with Crippen molar-refractivity contribution in [1.29, 1.82) is 0 Å². The van der Waals surface area contributed by atoms with Crippen LogP contribution in [0.5, 0.6) is 0 Å². The van der Waals surface area contributed by atoms with Gasteiger partial charge in [0.2, 0.25) is 0 Å². The van der Waals surface area contributed by atoms with Gasteiger partial charge in [0.1, 0.15) is 0 Å². The second kappa shape index (κ2) is 6.20. The lowest BCUT2D eigenvalue weighted by Crippen LogP contribution is -2.35. The lowest BCUT2D eigenvalue weighted by molar-refractivity contribution is 0.233. The largest absolute Gasteiger partial charge is 0.316 e. The summed E-state index contributed by atoms with van der Waals surface area (Å²) in [5.74, 6) is 1.57.